The van der Waals surface area contributed by atoms with Gasteiger partial charge in [0.2, 0.25) is 0 Å². The molecule has 4 rings (SSSR count). The van der Waals surface area contributed by atoms with E-state index >= 15 is 0 Å². The fourth-order valence-electron chi connectivity index (χ4n) is 3.36. The van der Waals surface area contributed by atoms with Crippen LogP contribution in [0.15, 0.2) is 66.2 Å². The van der Waals surface area contributed by atoms with Gasteiger partial charge in [0.1, 0.15) is 17.9 Å². The number of nitrogens with zero attached hydrogens (tertiary/aromatic N) is 1. The number of hydrogen-bond acceptors (Lipinski definition) is 5. The van der Waals surface area contributed by atoms with E-state index in [4.69, 9.17) is 44.6 Å². The van der Waals surface area contributed by atoms with Crippen LogP contribution in [0.4, 0.5) is 10.5 Å². The smallest absolute Gasteiger partial charge is 0.335 e. The summed E-state index contributed by atoms with van der Waals surface area (Å²) in [5, 5.41) is 12.4. The van der Waals surface area contributed by atoms with Gasteiger partial charge in [-0.3, -0.25) is 14.9 Å². The average molecular weight is 546 g/mol. The normalized spacial score (nSPS) is 14.7. The summed E-state index contributed by atoms with van der Waals surface area (Å²) in [7, 11) is 0. The van der Waals surface area contributed by atoms with Gasteiger partial charge in [0.15, 0.2) is 0 Å². The van der Waals surface area contributed by atoms with E-state index in [9.17, 15) is 19.2 Å². The van der Waals surface area contributed by atoms with Crippen molar-refractivity contribution < 1.29 is 29.0 Å². The van der Waals surface area contributed by atoms with Crippen LogP contribution in [-0.2, 0) is 16.2 Å². The van der Waals surface area contributed by atoms with Crippen LogP contribution in [0.2, 0.25) is 15.1 Å². The molecule has 36 heavy (non-hydrogen) atoms. The van der Waals surface area contributed by atoms with Gasteiger partial charge in [-0.15, -0.1) is 0 Å². The quantitative estimate of drug-likeness (QED) is 0.308. The van der Waals surface area contributed by atoms with Gasteiger partial charge in [0, 0.05) is 26.2 Å². The van der Waals surface area contributed by atoms with Gasteiger partial charge < -0.3 is 9.84 Å². The van der Waals surface area contributed by atoms with E-state index in [2.05, 4.69) is 5.32 Å². The van der Waals surface area contributed by atoms with Gasteiger partial charge in [-0.2, -0.15) is 0 Å². The minimum Gasteiger partial charge on any atom is -0.488 e. The molecule has 3 aromatic carbocycles. The molecular weight excluding hydrogens is 531 g/mol. The van der Waals surface area contributed by atoms with E-state index in [0.717, 1.165) is 4.90 Å². The first-order chi connectivity index (χ1) is 17.1. The molecule has 0 aromatic heterocycles. The van der Waals surface area contributed by atoms with Crippen molar-refractivity contribution in [2.75, 3.05) is 4.90 Å². The highest BCUT2D eigenvalue weighted by Gasteiger charge is 2.37. The molecule has 2 N–H and O–H groups in total. The van der Waals surface area contributed by atoms with Crippen LogP contribution >= 0.6 is 34.8 Å². The maximum Gasteiger partial charge on any atom is 0.335 e. The van der Waals surface area contributed by atoms with Crippen LogP contribution in [0.5, 0.6) is 5.75 Å². The Morgan fingerprint density at radius 1 is 0.944 bits per heavy atom. The zero-order valence-electron chi connectivity index (χ0n) is 18.1. The van der Waals surface area contributed by atoms with Gasteiger partial charge in [0.05, 0.1) is 11.3 Å². The Bertz CT molecular complexity index is 1440. The molecular formula is C25H15Cl3N2O6. The SMILES string of the molecule is O=C1NC(=O)N(c2ccc(C(=O)O)cc2)C(=O)/C1=C/c1cc(Cl)ccc1OCc1ccc(Cl)cc1Cl. The minimum atomic E-state index is -1.17. The number of ether oxygens (including phenoxy) is 1. The van der Waals surface area contributed by atoms with Crippen LogP contribution in [0.1, 0.15) is 21.5 Å². The lowest BCUT2D eigenvalue weighted by atomic mass is 10.1. The summed E-state index contributed by atoms with van der Waals surface area (Å²) in [4.78, 5) is 50.0. The summed E-state index contributed by atoms with van der Waals surface area (Å²) < 4.78 is 5.87. The molecule has 0 aliphatic carbocycles. The number of amides is 4. The van der Waals surface area contributed by atoms with Crippen LogP contribution < -0.4 is 15.0 Å². The minimum absolute atomic E-state index is 0.0306. The van der Waals surface area contributed by atoms with E-state index in [0.29, 0.717) is 31.9 Å². The lowest BCUT2D eigenvalue weighted by Crippen LogP contribution is -2.54. The molecule has 11 heteroatoms. The van der Waals surface area contributed by atoms with Crippen LogP contribution in [0.3, 0.4) is 0 Å². The molecule has 0 spiro atoms. The molecule has 1 saturated heterocycles. The van der Waals surface area contributed by atoms with Gasteiger partial charge in [-0.05, 0) is 60.7 Å². The number of carboxylic acid groups (broad SMARTS) is 1. The van der Waals surface area contributed by atoms with Crippen LogP contribution in [0.25, 0.3) is 6.08 Å². The molecule has 1 fully saturated rings. The topological polar surface area (TPSA) is 113 Å². The number of imide groups is 2. The molecule has 4 amide bonds. The Morgan fingerprint density at radius 3 is 2.28 bits per heavy atom. The van der Waals surface area contributed by atoms with E-state index in [1.165, 1.54) is 36.4 Å². The fourth-order valence-corrected chi connectivity index (χ4v) is 4.00. The van der Waals surface area contributed by atoms with Crippen LogP contribution in [-0.4, -0.2) is 28.9 Å². The largest absolute Gasteiger partial charge is 0.488 e. The van der Waals surface area contributed by atoms with E-state index in [1.54, 1.807) is 30.3 Å². The molecule has 182 valence electrons. The number of nitrogens with one attached hydrogen (secondary N) is 1. The van der Waals surface area contributed by atoms with Crippen molar-refractivity contribution in [1.29, 1.82) is 0 Å². The van der Waals surface area contributed by atoms with Crippen molar-refractivity contribution in [3.05, 3.63) is 98.0 Å². The molecule has 0 atom stereocenters. The number of aromatic carboxylic acids is 1. The Balaban J connectivity index is 1.66. The zero-order chi connectivity index (χ0) is 26.0. The third kappa shape index (κ3) is 5.36. The average Bonchev–Trinajstić information content (AvgIpc) is 2.82. The number of hydrogen-bond donors (Lipinski definition) is 2. The Labute approximate surface area is 219 Å². The summed E-state index contributed by atoms with van der Waals surface area (Å²) in [6.07, 6.45) is 1.26. The van der Waals surface area contributed by atoms with E-state index in [1.807, 2.05) is 0 Å². The lowest BCUT2D eigenvalue weighted by molar-refractivity contribution is -0.122. The molecule has 3 aromatic rings. The highest BCUT2D eigenvalue weighted by Crippen LogP contribution is 2.30. The summed E-state index contributed by atoms with van der Waals surface area (Å²) >= 11 is 18.3. The Kier molecular flexibility index (Phi) is 7.30. The maximum atomic E-state index is 13.2. The number of halogens is 3. The highest BCUT2D eigenvalue weighted by molar-refractivity contribution is 6.39. The summed E-state index contributed by atoms with van der Waals surface area (Å²) in [6, 6.07) is 13.7. The second-order valence-electron chi connectivity index (χ2n) is 7.52. The summed E-state index contributed by atoms with van der Waals surface area (Å²) in [5.41, 5.74) is 0.663. The number of barbiturate groups is 1. The van der Waals surface area contributed by atoms with Gasteiger partial charge in [0.25, 0.3) is 11.8 Å². The van der Waals surface area contributed by atoms with Gasteiger partial charge in [-0.1, -0.05) is 40.9 Å². The van der Waals surface area contributed by atoms with Gasteiger partial charge >= 0.3 is 12.0 Å². The number of carbonyl (C=O) groups is 4. The van der Waals surface area contributed by atoms with Crippen molar-refractivity contribution in [3.8, 4) is 5.75 Å². The first-order valence-corrected chi connectivity index (χ1v) is 11.4. The molecule has 0 unspecified atom stereocenters. The third-order valence-electron chi connectivity index (χ3n) is 5.14. The van der Waals surface area contributed by atoms with E-state index in [-0.39, 0.29) is 23.4 Å². The summed E-state index contributed by atoms with van der Waals surface area (Å²) in [6.45, 7) is 0.0640. The summed E-state index contributed by atoms with van der Waals surface area (Å²) in [5.74, 6) is -2.68. The second kappa shape index (κ2) is 10.4. The standard InChI is InChI=1S/C25H15Cl3N2O6/c26-16-5-8-21(36-12-14-1-4-17(27)11-20(14)28)15(9-16)10-19-22(31)29-25(35)30(23(19)32)18-6-2-13(3-7-18)24(33)34/h1-11H,12H2,(H,33,34)(H,29,31,35)/b19-10+. The number of benzene rings is 3. The second-order valence-corrected chi connectivity index (χ2v) is 8.80. The number of carboxylic acids is 1. The predicted octanol–water partition coefficient (Wildman–Crippen LogP) is 5.59. The molecule has 0 bridgehead atoms. The predicted molar refractivity (Wildman–Crippen MR) is 135 cm³/mol. The Morgan fingerprint density at radius 2 is 1.61 bits per heavy atom. The van der Waals surface area contributed by atoms with Crippen molar-refractivity contribution in [3.63, 3.8) is 0 Å². The fraction of sp³-hybridized carbons (Fsp3) is 0.0400. The number of carbonyl (C=O) groups excluding carboxylic acids is 3. The number of rotatable bonds is 6. The van der Waals surface area contributed by atoms with Crippen molar-refractivity contribution in [2.45, 2.75) is 6.61 Å². The molecule has 0 saturated carbocycles. The third-order valence-corrected chi connectivity index (χ3v) is 5.97. The highest BCUT2D eigenvalue weighted by atomic mass is 35.5. The Hall–Kier alpha value is -3.85. The first-order valence-electron chi connectivity index (χ1n) is 10.2. The van der Waals surface area contributed by atoms with Crippen molar-refractivity contribution in [1.82, 2.24) is 5.32 Å². The molecule has 1 aliphatic rings. The molecule has 0 radical (unpaired) electrons. The van der Waals surface area contributed by atoms with Crippen molar-refractivity contribution in [2.24, 2.45) is 0 Å². The van der Waals surface area contributed by atoms with Gasteiger partial charge in [-0.25, -0.2) is 14.5 Å². The zero-order valence-corrected chi connectivity index (χ0v) is 20.4. The lowest BCUT2D eigenvalue weighted by Gasteiger charge is -2.26. The molecule has 1 aliphatic heterocycles. The van der Waals surface area contributed by atoms with Crippen LogP contribution in [0, 0.1) is 0 Å². The monoisotopic (exact) mass is 544 g/mol. The molecule has 1 heterocycles. The van der Waals surface area contributed by atoms with Crippen molar-refractivity contribution >= 4 is 70.4 Å². The number of anilines is 1. The van der Waals surface area contributed by atoms with E-state index < -0.39 is 23.8 Å². The molecule has 8 nitrogen and oxygen atoms in total. The first kappa shape index (κ1) is 25.2. The maximum absolute atomic E-state index is 13.2. The number of urea groups is 1.